The van der Waals surface area contributed by atoms with Crippen LogP contribution in [0.15, 0.2) is 88.7 Å². The van der Waals surface area contributed by atoms with Crippen LogP contribution < -0.4 is 10.9 Å². The third-order valence-electron chi connectivity index (χ3n) is 5.11. The van der Waals surface area contributed by atoms with Crippen LogP contribution in [-0.2, 0) is 0 Å². The Morgan fingerprint density at radius 1 is 0.788 bits per heavy atom. The largest absolute Gasteiger partial charge is 0.322 e. The van der Waals surface area contributed by atoms with Crippen LogP contribution in [-0.4, -0.2) is 10.9 Å². The SMILES string of the molecule is N#Cc1c(S)[nH]c(=O)c(C#N)c1-c1ccc(-c2ccc(C(=O)Nc3ccccc3)cc2)cc1. The number of H-pyrrole nitrogens is 1. The van der Waals surface area contributed by atoms with E-state index in [0.717, 1.165) is 16.8 Å². The molecule has 3 aromatic carbocycles. The van der Waals surface area contributed by atoms with Crippen molar-refractivity contribution in [2.45, 2.75) is 5.03 Å². The lowest BCUT2D eigenvalue weighted by Gasteiger charge is -2.10. The molecule has 1 heterocycles. The van der Waals surface area contributed by atoms with Gasteiger partial charge in [0, 0.05) is 16.8 Å². The molecule has 0 bridgehead atoms. The molecule has 4 rings (SSSR count). The molecule has 0 aliphatic carbocycles. The molecule has 0 radical (unpaired) electrons. The lowest BCUT2D eigenvalue weighted by Crippen LogP contribution is -2.14. The first-order chi connectivity index (χ1) is 16.0. The Labute approximate surface area is 195 Å². The summed E-state index contributed by atoms with van der Waals surface area (Å²) in [5, 5.41) is 21.9. The molecule has 0 spiro atoms. The highest BCUT2D eigenvalue weighted by Crippen LogP contribution is 2.30. The molecule has 6 nitrogen and oxygen atoms in total. The van der Waals surface area contributed by atoms with Gasteiger partial charge in [-0.3, -0.25) is 9.59 Å². The fourth-order valence-electron chi connectivity index (χ4n) is 3.46. The number of carbonyl (C=O) groups is 1. The minimum atomic E-state index is -0.593. The Morgan fingerprint density at radius 2 is 1.33 bits per heavy atom. The highest BCUT2D eigenvalue weighted by Gasteiger charge is 2.18. The van der Waals surface area contributed by atoms with Crippen LogP contribution in [0.1, 0.15) is 21.5 Å². The van der Waals surface area contributed by atoms with Gasteiger partial charge in [0.15, 0.2) is 0 Å². The van der Waals surface area contributed by atoms with E-state index in [1.54, 1.807) is 24.3 Å². The zero-order valence-corrected chi connectivity index (χ0v) is 18.1. The second-order valence-electron chi connectivity index (χ2n) is 7.13. The Bertz CT molecular complexity index is 1480. The number of thiol groups is 1. The lowest BCUT2D eigenvalue weighted by atomic mass is 9.95. The molecule has 0 saturated heterocycles. The Kier molecular flexibility index (Phi) is 6.08. The summed E-state index contributed by atoms with van der Waals surface area (Å²) < 4.78 is 0. The number of rotatable bonds is 4. The zero-order chi connectivity index (χ0) is 23.4. The van der Waals surface area contributed by atoms with Crippen LogP contribution in [0.2, 0.25) is 0 Å². The molecule has 0 aliphatic rings. The van der Waals surface area contributed by atoms with Crippen molar-refractivity contribution in [3.8, 4) is 34.4 Å². The second kappa shape index (κ2) is 9.27. The Hall–Kier alpha value is -4.59. The van der Waals surface area contributed by atoms with Gasteiger partial charge in [0.2, 0.25) is 0 Å². The highest BCUT2D eigenvalue weighted by molar-refractivity contribution is 7.80. The van der Waals surface area contributed by atoms with E-state index in [-0.39, 0.29) is 27.6 Å². The molecular weight excluding hydrogens is 432 g/mol. The van der Waals surface area contributed by atoms with Crippen molar-refractivity contribution < 1.29 is 4.79 Å². The molecule has 2 N–H and O–H groups in total. The summed E-state index contributed by atoms with van der Waals surface area (Å²) in [6.07, 6.45) is 0. The van der Waals surface area contributed by atoms with Crippen molar-refractivity contribution >= 4 is 24.2 Å². The van der Waals surface area contributed by atoms with E-state index >= 15 is 0 Å². The summed E-state index contributed by atoms with van der Waals surface area (Å²) in [7, 11) is 0. The molecule has 4 aromatic rings. The summed E-state index contributed by atoms with van der Waals surface area (Å²) in [6, 6.07) is 27.4. The molecular formula is C26H16N4O2S. The fourth-order valence-corrected chi connectivity index (χ4v) is 3.73. The topological polar surface area (TPSA) is 110 Å². The number of anilines is 1. The van der Waals surface area contributed by atoms with Crippen molar-refractivity contribution in [2.75, 3.05) is 5.32 Å². The number of amides is 1. The summed E-state index contributed by atoms with van der Waals surface area (Å²) in [6.45, 7) is 0. The Morgan fingerprint density at radius 3 is 1.91 bits per heavy atom. The molecule has 1 amide bonds. The number of carbonyl (C=O) groups excluding carboxylic acids is 1. The van der Waals surface area contributed by atoms with Crippen molar-refractivity contribution in [1.82, 2.24) is 4.98 Å². The van der Waals surface area contributed by atoms with Crippen molar-refractivity contribution in [2.24, 2.45) is 0 Å². The monoisotopic (exact) mass is 448 g/mol. The summed E-state index contributed by atoms with van der Waals surface area (Å²) in [5.74, 6) is -0.201. The van der Waals surface area contributed by atoms with Gasteiger partial charge >= 0.3 is 0 Å². The Balaban J connectivity index is 1.61. The first-order valence-electron chi connectivity index (χ1n) is 9.88. The number of aromatic nitrogens is 1. The van der Waals surface area contributed by atoms with Crippen LogP contribution in [0.3, 0.4) is 0 Å². The van der Waals surface area contributed by atoms with Gasteiger partial charge in [0.1, 0.15) is 17.7 Å². The summed E-state index contributed by atoms with van der Waals surface area (Å²) in [4.78, 5) is 27.0. The zero-order valence-electron chi connectivity index (χ0n) is 17.2. The van der Waals surface area contributed by atoms with Gasteiger partial charge in [0.05, 0.1) is 10.6 Å². The van der Waals surface area contributed by atoms with Gasteiger partial charge in [-0.1, -0.05) is 54.6 Å². The first-order valence-corrected chi connectivity index (χ1v) is 10.3. The van der Waals surface area contributed by atoms with E-state index in [4.69, 9.17) is 0 Å². The number of hydrogen-bond acceptors (Lipinski definition) is 5. The molecule has 158 valence electrons. The van der Waals surface area contributed by atoms with E-state index in [9.17, 15) is 20.1 Å². The van der Waals surface area contributed by atoms with Gasteiger partial charge in [-0.05, 0) is 41.0 Å². The van der Waals surface area contributed by atoms with Crippen LogP contribution in [0.4, 0.5) is 5.69 Å². The van der Waals surface area contributed by atoms with Gasteiger partial charge in [0.25, 0.3) is 11.5 Å². The predicted octanol–water partition coefficient (Wildman–Crippen LogP) is 4.99. The van der Waals surface area contributed by atoms with Crippen LogP contribution >= 0.6 is 12.6 Å². The number of benzene rings is 3. The van der Waals surface area contributed by atoms with E-state index < -0.39 is 5.56 Å². The van der Waals surface area contributed by atoms with Crippen LogP contribution in [0, 0.1) is 22.7 Å². The molecule has 33 heavy (non-hydrogen) atoms. The maximum Gasteiger partial charge on any atom is 0.267 e. The standard InChI is InChI=1S/C26H16N4O2S/c27-14-21-23(22(15-28)26(33)30-25(21)32)18-10-6-16(7-11-18)17-8-12-19(13-9-17)24(31)29-20-4-2-1-3-5-20/h1-13H,(H,29,31)(H2,30,32,33). The number of para-hydroxylation sites is 1. The third-order valence-corrected chi connectivity index (χ3v) is 5.44. The van der Waals surface area contributed by atoms with Crippen molar-refractivity contribution in [3.63, 3.8) is 0 Å². The maximum atomic E-state index is 12.4. The third kappa shape index (κ3) is 4.40. The summed E-state index contributed by atoms with van der Waals surface area (Å²) >= 11 is 4.17. The molecule has 0 aliphatic heterocycles. The van der Waals surface area contributed by atoms with Crippen molar-refractivity contribution in [3.05, 3.63) is 106 Å². The second-order valence-corrected chi connectivity index (χ2v) is 7.57. The molecule has 0 unspecified atom stereocenters. The summed E-state index contributed by atoms with van der Waals surface area (Å²) in [5.41, 5.74) is 3.25. The number of nitrogens with zero attached hydrogens (tertiary/aromatic N) is 2. The fraction of sp³-hybridized carbons (Fsp3) is 0. The van der Waals surface area contributed by atoms with E-state index in [2.05, 4.69) is 22.9 Å². The average molecular weight is 449 g/mol. The molecule has 7 heteroatoms. The molecule has 1 aromatic heterocycles. The quantitative estimate of drug-likeness (QED) is 0.382. The van der Waals surface area contributed by atoms with Gasteiger partial charge < -0.3 is 10.3 Å². The number of aromatic amines is 1. The molecule has 0 atom stereocenters. The first kappa shape index (κ1) is 21.6. The van der Waals surface area contributed by atoms with Crippen LogP contribution in [0.25, 0.3) is 22.3 Å². The minimum absolute atomic E-state index is 0.116. The van der Waals surface area contributed by atoms with E-state index in [0.29, 0.717) is 11.1 Å². The molecule has 0 saturated carbocycles. The number of hydrogen-bond donors (Lipinski definition) is 3. The maximum absolute atomic E-state index is 12.4. The number of pyridine rings is 1. The predicted molar refractivity (Wildman–Crippen MR) is 129 cm³/mol. The van der Waals surface area contributed by atoms with Gasteiger partial charge in [-0.25, -0.2) is 0 Å². The van der Waals surface area contributed by atoms with E-state index in [1.807, 2.05) is 66.7 Å². The normalized spacial score (nSPS) is 10.2. The van der Waals surface area contributed by atoms with Gasteiger partial charge in [-0.15, -0.1) is 12.6 Å². The lowest BCUT2D eigenvalue weighted by molar-refractivity contribution is 0.102. The number of nitrogens with one attached hydrogen (secondary N) is 2. The van der Waals surface area contributed by atoms with E-state index in [1.165, 1.54) is 0 Å². The van der Waals surface area contributed by atoms with Crippen LogP contribution in [0.5, 0.6) is 0 Å². The smallest absolute Gasteiger partial charge is 0.267 e. The van der Waals surface area contributed by atoms with Crippen molar-refractivity contribution in [1.29, 1.82) is 10.5 Å². The number of nitriles is 2. The highest BCUT2D eigenvalue weighted by atomic mass is 32.1. The average Bonchev–Trinajstić information content (AvgIpc) is 2.84. The minimum Gasteiger partial charge on any atom is -0.322 e. The molecule has 0 fully saturated rings. The van der Waals surface area contributed by atoms with Gasteiger partial charge in [-0.2, -0.15) is 10.5 Å².